The zero-order valence-electron chi connectivity index (χ0n) is 18.6. The van der Waals surface area contributed by atoms with Gasteiger partial charge in [-0.3, -0.25) is 19.5 Å². The van der Waals surface area contributed by atoms with Crippen LogP contribution in [0.4, 0.5) is 11.4 Å². The summed E-state index contributed by atoms with van der Waals surface area (Å²) in [5, 5.41) is 0. The second-order valence-electron chi connectivity index (χ2n) is 7.92. The first-order valence-corrected chi connectivity index (χ1v) is 10.6. The molecule has 0 unspecified atom stereocenters. The number of nitrogens with zero attached hydrogens (tertiary/aromatic N) is 3. The number of hydrogen-bond acceptors (Lipinski definition) is 4. The second-order valence-corrected chi connectivity index (χ2v) is 7.92. The first-order valence-electron chi connectivity index (χ1n) is 10.6. The van der Waals surface area contributed by atoms with Gasteiger partial charge in [-0.05, 0) is 32.0 Å². The summed E-state index contributed by atoms with van der Waals surface area (Å²) in [6.07, 6.45) is -1.10. The van der Waals surface area contributed by atoms with Gasteiger partial charge in [0.2, 0.25) is 5.91 Å². The van der Waals surface area contributed by atoms with E-state index < -0.39 is 12.1 Å². The Morgan fingerprint density at radius 2 is 1.55 bits per heavy atom. The van der Waals surface area contributed by atoms with Gasteiger partial charge >= 0.3 is 0 Å². The van der Waals surface area contributed by atoms with Crippen molar-refractivity contribution in [2.24, 2.45) is 10.7 Å². The van der Waals surface area contributed by atoms with Gasteiger partial charge in [-0.1, -0.05) is 66.7 Å². The number of para-hydroxylation sites is 2. The molecule has 0 aromatic heterocycles. The fraction of sp³-hybridized carbons (Fsp3) is 0.192. The predicted octanol–water partition coefficient (Wildman–Crippen LogP) is 4.17. The summed E-state index contributed by atoms with van der Waals surface area (Å²) in [4.78, 5) is 34.4. The van der Waals surface area contributed by atoms with E-state index >= 15 is 0 Å². The lowest BCUT2D eigenvalue weighted by Crippen LogP contribution is -2.49. The van der Waals surface area contributed by atoms with E-state index in [0.717, 1.165) is 16.8 Å². The van der Waals surface area contributed by atoms with Crippen LogP contribution in [0, 0.1) is 0 Å². The third kappa shape index (κ3) is 5.05. The smallest absolute Gasteiger partial charge is 0.266 e. The zero-order valence-corrected chi connectivity index (χ0v) is 20.3. The first kappa shape index (κ1) is 24.4. The molecule has 33 heavy (non-hydrogen) atoms. The summed E-state index contributed by atoms with van der Waals surface area (Å²) in [5.41, 5.74) is 9.88. The normalized spacial score (nSPS) is 15.3. The Morgan fingerprint density at radius 3 is 2.18 bits per heavy atom. The summed E-state index contributed by atoms with van der Waals surface area (Å²) >= 11 is 0. The van der Waals surface area contributed by atoms with E-state index in [0.29, 0.717) is 11.4 Å². The number of carbonyl (C=O) groups is 2. The fourth-order valence-electron chi connectivity index (χ4n) is 3.97. The van der Waals surface area contributed by atoms with Crippen LogP contribution in [0.1, 0.15) is 25.0 Å². The van der Waals surface area contributed by atoms with Crippen molar-refractivity contribution in [3.63, 3.8) is 0 Å². The summed E-state index contributed by atoms with van der Waals surface area (Å²) in [6.45, 7) is 3.77. The van der Waals surface area contributed by atoms with E-state index in [9.17, 15) is 9.59 Å². The number of amides is 2. The molecule has 2 amide bonds. The van der Waals surface area contributed by atoms with Gasteiger partial charge in [-0.25, -0.2) is 0 Å². The number of rotatable bonds is 5. The number of carbonyl (C=O) groups excluding carboxylic acids is 2. The van der Waals surface area contributed by atoms with Crippen molar-refractivity contribution in [2.75, 3.05) is 16.3 Å². The van der Waals surface area contributed by atoms with Gasteiger partial charge in [-0.15, -0.1) is 17.0 Å². The molecule has 0 fully saturated rings. The van der Waals surface area contributed by atoms with Crippen LogP contribution in [-0.2, 0) is 9.59 Å². The van der Waals surface area contributed by atoms with Crippen LogP contribution in [0.25, 0.3) is 0 Å². The van der Waals surface area contributed by atoms with Crippen LogP contribution in [0.5, 0.6) is 0 Å². The highest BCUT2D eigenvalue weighted by molar-refractivity contribution is 8.93. The molecule has 3 aromatic carbocycles. The average Bonchev–Trinajstić information content (AvgIpc) is 2.91. The topological polar surface area (TPSA) is 79.0 Å². The molecule has 0 aliphatic carbocycles. The molecule has 0 saturated heterocycles. The maximum atomic E-state index is 13.4. The van der Waals surface area contributed by atoms with Crippen molar-refractivity contribution in [1.29, 1.82) is 0 Å². The predicted molar refractivity (Wildman–Crippen MR) is 138 cm³/mol. The van der Waals surface area contributed by atoms with Gasteiger partial charge in [-0.2, -0.15) is 0 Å². The number of nitrogens with two attached hydrogens (primary N) is 1. The maximum Gasteiger partial charge on any atom is 0.266 e. The molecule has 1 atom stereocenters. The molecule has 1 aliphatic rings. The van der Waals surface area contributed by atoms with E-state index in [1.807, 2.05) is 98.8 Å². The third-order valence-electron chi connectivity index (χ3n) is 5.40. The fourth-order valence-corrected chi connectivity index (χ4v) is 3.97. The van der Waals surface area contributed by atoms with Crippen LogP contribution >= 0.6 is 17.0 Å². The Kier molecular flexibility index (Phi) is 7.79. The van der Waals surface area contributed by atoms with Crippen LogP contribution in [0.3, 0.4) is 0 Å². The third-order valence-corrected chi connectivity index (χ3v) is 5.40. The lowest BCUT2D eigenvalue weighted by atomic mass is 10.0. The highest BCUT2D eigenvalue weighted by atomic mass is 79.9. The Morgan fingerprint density at radius 1 is 0.970 bits per heavy atom. The summed E-state index contributed by atoms with van der Waals surface area (Å²) < 4.78 is 0. The lowest BCUT2D eigenvalue weighted by Gasteiger charge is -2.31. The molecule has 2 N–H and O–H groups in total. The van der Waals surface area contributed by atoms with Gasteiger partial charge in [0.15, 0.2) is 6.17 Å². The van der Waals surface area contributed by atoms with E-state index in [1.54, 1.807) is 4.90 Å². The second kappa shape index (κ2) is 10.6. The van der Waals surface area contributed by atoms with Crippen molar-refractivity contribution >= 4 is 45.9 Å². The van der Waals surface area contributed by atoms with Crippen molar-refractivity contribution in [3.05, 3.63) is 96.1 Å². The van der Waals surface area contributed by atoms with Crippen LogP contribution in [0.2, 0.25) is 0 Å². The van der Waals surface area contributed by atoms with Gasteiger partial charge in [0.1, 0.15) is 6.54 Å². The van der Waals surface area contributed by atoms with E-state index in [4.69, 9.17) is 5.73 Å². The molecule has 0 radical (unpaired) electrons. The molecule has 1 aliphatic heterocycles. The van der Waals surface area contributed by atoms with Crippen LogP contribution in [-0.4, -0.2) is 36.3 Å². The van der Waals surface area contributed by atoms with Crippen LogP contribution < -0.4 is 15.5 Å². The zero-order chi connectivity index (χ0) is 22.7. The van der Waals surface area contributed by atoms with Crippen molar-refractivity contribution in [3.8, 4) is 0 Å². The molecular formula is C26H27BrN4O2. The number of halogens is 1. The van der Waals surface area contributed by atoms with Crippen LogP contribution in [0.15, 0.2) is 89.9 Å². The highest BCUT2D eigenvalue weighted by Crippen LogP contribution is 2.28. The molecular weight excluding hydrogens is 480 g/mol. The molecule has 170 valence electrons. The Hall–Kier alpha value is -3.29. The van der Waals surface area contributed by atoms with Crippen molar-refractivity contribution < 1.29 is 9.59 Å². The van der Waals surface area contributed by atoms with E-state index in [2.05, 4.69) is 4.99 Å². The van der Waals surface area contributed by atoms with E-state index in [1.165, 1.54) is 4.90 Å². The largest absolute Gasteiger partial charge is 0.308 e. The van der Waals surface area contributed by atoms with Gasteiger partial charge in [0, 0.05) is 22.9 Å². The Labute approximate surface area is 204 Å². The molecule has 6 nitrogen and oxygen atoms in total. The number of benzene rings is 3. The van der Waals surface area contributed by atoms with Crippen molar-refractivity contribution in [2.45, 2.75) is 26.1 Å². The number of benzodiazepines with no additional fused rings is 1. The van der Waals surface area contributed by atoms with Crippen molar-refractivity contribution in [1.82, 2.24) is 0 Å². The molecule has 1 heterocycles. The van der Waals surface area contributed by atoms with Gasteiger partial charge in [0.25, 0.3) is 5.91 Å². The highest BCUT2D eigenvalue weighted by Gasteiger charge is 2.32. The number of fused-ring (bicyclic) bond motifs is 1. The lowest BCUT2D eigenvalue weighted by molar-refractivity contribution is -0.123. The van der Waals surface area contributed by atoms with E-state index in [-0.39, 0.29) is 35.5 Å². The minimum atomic E-state index is -1.10. The minimum Gasteiger partial charge on any atom is -0.308 e. The molecule has 4 rings (SSSR count). The standard InChI is InChI=1S/C26H26N4O2.BrH/c1-18(2)30(20-13-7-4-8-14-20)23(31)17-29-22-16-10-9-15-21(22)24(28-25(27)26(29)32)19-11-5-3-6-12-19;/h3-16,18,25H,17,27H2,1-2H3;1H/t25-;/m1./s1. The van der Waals surface area contributed by atoms with Gasteiger partial charge < -0.3 is 10.6 Å². The Bertz CT molecular complexity index is 1150. The Balaban J connectivity index is 0.00000306. The molecule has 0 bridgehead atoms. The SMILES string of the molecule is Br.CC(C)N(C(=O)CN1C(=O)[C@H](N)N=C(c2ccccc2)c2ccccc21)c1ccccc1. The minimum absolute atomic E-state index is 0. The summed E-state index contributed by atoms with van der Waals surface area (Å²) in [5.74, 6) is -0.599. The number of anilines is 2. The molecule has 3 aromatic rings. The molecule has 0 spiro atoms. The summed E-state index contributed by atoms with van der Waals surface area (Å²) in [6, 6.07) is 26.5. The monoisotopic (exact) mass is 506 g/mol. The average molecular weight is 507 g/mol. The van der Waals surface area contributed by atoms with Gasteiger partial charge in [0.05, 0.1) is 11.4 Å². The quantitative estimate of drug-likeness (QED) is 0.563. The first-order chi connectivity index (χ1) is 15.5. The summed E-state index contributed by atoms with van der Waals surface area (Å²) in [7, 11) is 0. The number of aliphatic imine (C=N–C) groups is 1. The molecule has 7 heteroatoms. The number of hydrogen-bond donors (Lipinski definition) is 1. The molecule has 0 saturated carbocycles. The maximum absolute atomic E-state index is 13.4.